The number of anilines is 1. The highest BCUT2D eigenvalue weighted by atomic mass is 32.2. The van der Waals surface area contributed by atoms with E-state index in [4.69, 9.17) is 0 Å². The van der Waals surface area contributed by atoms with E-state index in [1.165, 1.54) is 4.31 Å². The SMILES string of the molecule is Cc1ccn(-c2ccc(N3CCN(S(=O)(=O)c4cn(C(C)C)cn4)CC3)nn2)n1. The van der Waals surface area contributed by atoms with Crippen molar-refractivity contribution in [1.29, 1.82) is 0 Å². The third-order valence-corrected chi connectivity index (χ3v) is 6.72. The zero-order valence-electron chi connectivity index (χ0n) is 16.7. The Balaban J connectivity index is 1.42. The monoisotopic (exact) mass is 416 g/mol. The van der Waals surface area contributed by atoms with Gasteiger partial charge in [-0.1, -0.05) is 0 Å². The van der Waals surface area contributed by atoms with Gasteiger partial charge < -0.3 is 9.47 Å². The summed E-state index contributed by atoms with van der Waals surface area (Å²) in [5.74, 6) is 1.36. The van der Waals surface area contributed by atoms with E-state index in [0.717, 1.165) is 11.5 Å². The second-order valence-electron chi connectivity index (χ2n) is 7.30. The standard InChI is InChI=1S/C18H24N8O2S/c1-14(2)24-12-18(19-13-24)29(27,28)25-10-8-23(9-11-25)16-4-5-17(21-20-16)26-7-6-15(3)22-26/h4-7,12-14H,8-11H2,1-3H3. The highest BCUT2D eigenvalue weighted by molar-refractivity contribution is 7.89. The van der Waals surface area contributed by atoms with Gasteiger partial charge in [0.15, 0.2) is 16.7 Å². The molecule has 1 aliphatic heterocycles. The summed E-state index contributed by atoms with van der Waals surface area (Å²) >= 11 is 0. The summed E-state index contributed by atoms with van der Waals surface area (Å²) in [6, 6.07) is 5.81. The van der Waals surface area contributed by atoms with Crippen molar-refractivity contribution in [1.82, 2.24) is 33.8 Å². The van der Waals surface area contributed by atoms with Crippen molar-refractivity contribution in [2.45, 2.75) is 31.8 Å². The molecular weight excluding hydrogens is 392 g/mol. The average molecular weight is 417 g/mol. The van der Waals surface area contributed by atoms with Crippen LogP contribution in [0.1, 0.15) is 25.6 Å². The third kappa shape index (κ3) is 3.87. The van der Waals surface area contributed by atoms with Crippen molar-refractivity contribution in [3.8, 4) is 5.82 Å². The maximum Gasteiger partial charge on any atom is 0.262 e. The molecule has 0 aromatic carbocycles. The van der Waals surface area contributed by atoms with Gasteiger partial charge in [0.2, 0.25) is 0 Å². The summed E-state index contributed by atoms with van der Waals surface area (Å²) in [5, 5.41) is 12.9. The van der Waals surface area contributed by atoms with Crippen LogP contribution in [0.25, 0.3) is 5.82 Å². The van der Waals surface area contributed by atoms with E-state index in [-0.39, 0.29) is 11.1 Å². The van der Waals surface area contributed by atoms with Gasteiger partial charge in [-0.15, -0.1) is 10.2 Å². The van der Waals surface area contributed by atoms with Gasteiger partial charge in [0, 0.05) is 44.6 Å². The molecule has 154 valence electrons. The van der Waals surface area contributed by atoms with Gasteiger partial charge in [-0.25, -0.2) is 18.1 Å². The number of sulfonamides is 1. The zero-order chi connectivity index (χ0) is 20.6. The number of rotatable bonds is 5. The van der Waals surface area contributed by atoms with Gasteiger partial charge in [0.25, 0.3) is 10.0 Å². The Kier molecular flexibility index (Phi) is 5.09. The first-order valence-electron chi connectivity index (χ1n) is 9.49. The first-order valence-corrected chi connectivity index (χ1v) is 10.9. The quantitative estimate of drug-likeness (QED) is 0.617. The van der Waals surface area contributed by atoms with Gasteiger partial charge in [-0.3, -0.25) is 0 Å². The van der Waals surface area contributed by atoms with E-state index in [1.807, 2.05) is 50.1 Å². The molecule has 0 atom stereocenters. The molecule has 0 radical (unpaired) electrons. The fraction of sp³-hybridized carbons (Fsp3) is 0.444. The molecule has 3 aromatic heterocycles. The Bertz CT molecular complexity index is 1080. The largest absolute Gasteiger partial charge is 0.352 e. The summed E-state index contributed by atoms with van der Waals surface area (Å²) in [5.41, 5.74) is 0.909. The van der Waals surface area contributed by atoms with Gasteiger partial charge in [0.05, 0.1) is 12.0 Å². The van der Waals surface area contributed by atoms with Crippen LogP contribution in [0.3, 0.4) is 0 Å². The van der Waals surface area contributed by atoms with Crippen LogP contribution in [-0.2, 0) is 10.0 Å². The van der Waals surface area contributed by atoms with E-state index < -0.39 is 10.0 Å². The minimum Gasteiger partial charge on any atom is -0.352 e. The van der Waals surface area contributed by atoms with E-state index in [2.05, 4.69) is 20.3 Å². The second kappa shape index (κ2) is 7.56. The number of imidazole rings is 1. The average Bonchev–Trinajstić information content (AvgIpc) is 3.38. The number of piperazine rings is 1. The van der Waals surface area contributed by atoms with Crippen molar-refractivity contribution < 1.29 is 8.42 Å². The molecular formula is C18H24N8O2S. The van der Waals surface area contributed by atoms with E-state index in [1.54, 1.807) is 21.8 Å². The molecule has 10 nitrogen and oxygen atoms in total. The Morgan fingerprint density at radius 3 is 2.24 bits per heavy atom. The Labute approximate surface area is 169 Å². The lowest BCUT2D eigenvalue weighted by Gasteiger charge is -2.33. The van der Waals surface area contributed by atoms with Crippen LogP contribution < -0.4 is 4.90 Å². The number of hydrogen-bond acceptors (Lipinski definition) is 7. The lowest BCUT2D eigenvalue weighted by molar-refractivity contribution is 0.382. The van der Waals surface area contributed by atoms with Crippen molar-refractivity contribution in [2.75, 3.05) is 31.1 Å². The summed E-state index contributed by atoms with van der Waals surface area (Å²) in [4.78, 5) is 6.12. The lowest BCUT2D eigenvalue weighted by Crippen LogP contribution is -2.49. The smallest absolute Gasteiger partial charge is 0.262 e. The predicted molar refractivity (Wildman–Crippen MR) is 107 cm³/mol. The van der Waals surface area contributed by atoms with Crippen molar-refractivity contribution in [3.05, 3.63) is 42.6 Å². The van der Waals surface area contributed by atoms with Crippen LogP contribution in [0.2, 0.25) is 0 Å². The highest BCUT2D eigenvalue weighted by Gasteiger charge is 2.30. The molecule has 1 aliphatic rings. The second-order valence-corrected chi connectivity index (χ2v) is 9.18. The molecule has 11 heteroatoms. The Hall–Kier alpha value is -2.79. The van der Waals surface area contributed by atoms with Crippen molar-refractivity contribution in [3.63, 3.8) is 0 Å². The van der Waals surface area contributed by atoms with E-state index in [0.29, 0.717) is 32.0 Å². The zero-order valence-corrected chi connectivity index (χ0v) is 17.5. The lowest BCUT2D eigenvalue weighted by atomic mass is 10.3. The molecule has 0 unspecified atom stereocenters. The first kappa shape index (κ1) is 19.5. The maximum absolute atomic E-state index is 12.9. The molecule has 29 heavy (non-hydrogen) atoms. The molecule has 0 N–H and O–H groups in total. The minimum atomic E-state index is -3.59. The highest BCUT2D eigenvalue weighted by Crippen LogP contribution is 2.20. The van der Waals surface area contributed by atoms with E-state index in [9.17, 15) is 8.42 Å². The van der Waals surface area contributed by atoms with Crippen LogP contribution in [0.4, 0.5) is 5.82 Å². The molecule has 1 fully saturated rings. The number of aryl methyl sites for hydroxylation is 1. The molecule has 3 aromatic rings. The molecule has 4 rings (SSSR count). The normalized spacial score (nSPS) is 15.9. The van der Waals surface area contributed by atoms with Crippen LogP contribution in [0.15, 0.2) is 41.9 Å². The van der Waals surface area contributed by atoms with E-state index >= 15 is 0 Å². The van der Waals surface area contributed by atoms with Crippen LogP contribution in [0, 0.1) is 6.92 Å². The fourth-order valence-electron chi connectivity index (χ4n) is 3.17. The Morgan fingerprint density at radius 1 is 1.00 bits per heavy atom. The first-order chi connectivity index (χ1) is 13.8. The van der Waals surface area contributed by atoms with Gasteiger partial charge in [-0.2, -0.15) is 9.40 Å². The summed E-state index contributed by atoms with van der Waals surface area (Å²) in [6.07, 6.45) is 4.99. The summed E-state index contributed by atoms with van der Waals surface area (Å²) < 4.78 is 30.7. The molecule has 4 heterocycles. The maximum atomic E-state index is 12.9. The minimum absolute atomic E-state index is 0.0957. The number of hydrogen-bond donors (Lipinski definition) is 0. The molecule has 0 spiro atoms. The predicted octanol–water partition coefficient (Wildman–Crippen LogP) is 1.26. The van der Waals surface area contributed by atoms with Gasteiger partial charge in [0.1, 0.15) is 0 Å². The summed E-state index contributed by atoms with van der Waals surface area (Å²) in [7, 11) is -3.59. The van der Waals surface area contributed by atoms with Gasteiger partial charge in [-0.05, 0) is 39.0 Å². The number of aromatic nitrogens is 6. The molecule has 0 saturated carbocycles. The fourth-order valence-corrected chi connectivity index (χ4v) is 4.52. The van der Waals surface area contributed by atoms with Crippen LogP contribution in [0.5, 0.6) is 0 Å². The molecule has 1 saturated heterocycles. The van der Waals surface area contributed by atoms with Crippen LogP contribution in [-0.4, -0.2) is 68.4 Å². The molecule has 0 aliphatic carbocycles. The third-order valence-electron chi connectivity index (χ3n) is 4.93. The van der Waals surface area contributed by atoms with Gasteiger partial charge >= 0.3 is 0 Å². The topological polar surface area (TPSA) is 102 Å². The number of nitrogens with zero attached hydrogens (tertiary/aromatic N) is 8. The van der Waals surface area contributed by atoms with Crippen molar-refractivity contribution >= 4 is 15.8 Å². The van der Waals surface area contributed by atoms with Crippen LogP contribution >= 0.6 is 0 Å². The summed E-state index contributed by atoms with van der Waals surface area (Å²) in [6.45, 7) is 7.71. The molecule has 0 bridgehead atoms. The van der Waals surface area contributed by atoms with Crippen molar-refractivity contribution in [2.24, 2.45) is 0 Å². The molecule has 0 amide bonds. The Morgan fingerprint density at radius 2 is 1.69 bits per heavy atom.